The Kier molecular flexibility index (Phi) is 4.00. The molecule has 1 unspecified atom stereocenters. The molecule has 2 nitrogen and oxygen atoms in total. The Morgan fingerprint density at radius 1 is 1.16 bits per heavy atom. The van der Waals surface area contributed by atoms with Crippen LogP contribution in [-0.2, 0) is 0 Å². The maximum atomic E-state index is 12.1. The molecule has 1 N–H and O–H groups in total. The molecule has 0 saturated carbocycles. The van der Waals surface area contributed by atoms with Gasteiger partial charge in [0.05, 0.1) is 0 Å². The third kappa shape index (κ3) is 3.22. The Morgan fingerprint density at radius 3 is 2.47 bits per heavy atom. The number of ketones is 1. The normalized spacial score (nSPS) is 12.1. The molecule has 0 amide bonds. The average Bonchev–Trinajstić information content (AvgIpc) is 2.42. The zero-order valence-corrected chi connectivity index (χ0v) is 11.3. The first-order valence-electron chi connectivity index (χ1n) is 6.45. The monoisotopic (exact) mass is 254 g/mol. The molecule has 0 heterocycles. The van der Waals surface area contributed by atoms with E-state index in [0.717, 1.165) is 16.7 Å². The fourth-order valence-corrected chi connectivity index (χ4v) is 2.12. The van der Waals surface area contributed by atoms with Gasteiger partial charge in [-0.1, -0.05) is 49.4 Å². The van der Waals surface area contributed by atoms with Crippen LogP contribution in [0.25, 0.3) is 0 Å². The number of phenolic OH excluding ortho intramolecular Hbond substituents is 1. The van der Waals surface area contributed by atoms with E-state index >= 15 is 0 Å². The number of benzene rings is 2. The molecule has 0 aromatic heterocycles. The Morgan fingerprint density at radius 2 is 1.84 bits per heavy atom. The highest BCUT2D eigenvalue weighted by Gasteiger charge is 2.13. The van der Waals surface area contributed by atoms with E-state index < -0.39 is 0 Å². The highest BCUT2D eigenvalue weighted by molar-refractivity contribution is 5.96. The van der Waals surface area contributed by atoms with Crippen LogP contribution >= 0.6 is 0 Å². The Hall–Kier alpha value is -2.09. The van der Waals surface area contributed by atoms with Crippen molar-refractivity contribution >= 4 is 5.78 Å². The first kappa shape index (κ1) is 13.3. The largest absolute Gasteiger partial charge is 0.508 e. The van der Waals surface area contributed by atoms with Crippen LogP contribution in [-0.4, -0.2) is 10.9 Å². The van der Waals surface area contributed by atoms with Gasteiger partial charge in [-0.25, -0.2) is 0 Å². The number of hydrogen-bond donors (Lipinski definition) is 1. The van der Waals surface area contributed by atoms with Crippen LogP contribution in [0.3, 0.4) is 0 Å². The number of carbonyl (C=O) groups excluding carboxylic acids is 1. The molecule has 1 atom stereocenters. The summed E-state index contributed by atoms with van der Waals surface area (Å²) in [7, 11) is 0. The summed E-state index contributed by atoms with van der Waals surface area (Å²) in [5, 5.41) is 9.52. The first-order valence-corrected chi connectivity index (χ1v) is 6.45. The first-order chi connectivity index (χ1) is 9.08. The number of carbonyl (C=O) groups is 1. The lowest BCUT2D eigenvalue weighted by atomic mass is 9.92. The van der Waals surface area contributed by atoms with Crippen LogP contribution in [0.2, 0.25) is 0 Å². The third-order valence-electron chi connectivity index (χ3n) is 3.38. The van der Waals surface area contributed by atoms with Gasteiger partial charge in [0.1, 0.15) is 5.75 Å². The summed E-state index contributed by atoms with van der Waals surface area (Å²) in [6, 6.07) is 14.9. The molecular weight excluding hydrogens is 236 g/mol. The second kappa shape index (κ2) is 5.70. The van der Waals surface area contributed by atoms with Crippen molar-refractivity contribution in [2.75, 3.05) is 0 Å². The SMILES string of the molecule is Cc1cc(C(C)CC(=O)c2ccccc2)ccc1O. The number of rotatable bonds is 4. The average molecular weight is 254 g/mol. The van der Waals surface area contributed by atoms with Crippen LogP contribution in [0.5, 0.6) is 5.75 Å². The summed E-state index contributed by atoms with van der Waals surface area (Å²) in [6.07, 6.45) is 0.480. The van der Waals surface area contributed by atoms with E-state index in [1.54, 1.807) is 6.07 Å². The van der Waals surface area contributed by atoms with Gasteiger partial charge in [0.25, 0.3) is 0 Å². The van der Waals surface area contributed by atoms with Crippen molar-refractivity contribution in [2.24, 2.45) is 0 Å². The highest BCUT2D eigenvalue weighted by Crippen LogP contribution is 2.25. The van der Waals surface area contributed by atoms with E-state index in [9.17, 15) is 9.90 Å². The van der Waals surface area contributed by atoms with Crippen LogP contribution < -0.4 is 0 Å². The number of Topliss-reactive ketones (excluding diaryl/α,β-unsaturated/α-hetero) is 1. The quantitative estimate of drug-likeness (QED) is 0.835. The second-order valence-corrected chi connectivity index (χ2v) is 4.94. The predicted molar refractivity (Wildman–Crippen MR) is 76.6 cm³/mol. The molecule has 2 aromatic rings. The molecule has 0 spiro atoms. The second-order valence-electron chi connectivity index (χ2n) is 4.94. The van der Waals surface area contributed by atoms with Crippen LogP contribution in [0.1, 0.15) is 40.7 Å². The number of aryl methyl sites for hydroxylation is 1. The van der Waals surface area contributed by atoms with Gasteiger partial charge in [-0.2, -0.15) is 0 Å². The number of aromatic hydroxyl groups is 1. The van der Waals surface area contributed by atoms with E-state index in [0.29, 0.717) is 12.2 Å². The van der Waals surface area contributed by atoms with Crippen LogP contribution in [0.15, 0.2) is 48.5 Å². The van der Waals surface area contributed by atoms with Crippen molar-refractivity contribution in [1.82, 2.24) is 0 Å². The lowest BCUT2D eigenvalue weighted by Gasteiger charge is -2.12. The van der Waals surface area contributed by atoms with Crippen LogP contribution in [0.4, 0.5) is 0 Å². The molecule has 98 valence electrons. The molecule has 0 aliphatic carbocycles. The number of hydrogen-bond acceptors (Lipinski definition) is 2. The molecule has 2 heteroatoms. The minimum absolute atomic E-state index is 0.145. The molecule has 0 saturated heterocycles. The Balaban J connectivity index is 2.10. The summed E-state index contributed by atoms with van der Waals surface area (Å²) >= 11 is 0. The van der Waals surface area contributed by atoms with E-state index in [1.807, 2.05) is 56.3 Å². The maximum Gasteiger partial charge on any atom is 0.163 e. The molecule has 2 aromatic carbocycles. The smallest absolute Gasteiger partial charge is 0.163 e. The van der Waals surface area contributed by atoms with Gasteiger partial charge in [0.15, 0.2) is 5.78 Å². The predicted octanol–water partition coefficient (Wildman–Crippen LogP) is 4.08. The third-order valence-corrected chi connectivity index (χ3v) is 3.38. The molecule has 0 bridgehead atoms. The van der Waals surface area contributed by atoms with E-state index in [2.05, 4.69) is 0 Å². The summed E-state index contributed by atoms with van der Waals surface area (Å²) in [4.78, 5) is 12.1. The van der Waals surface area contributed by atoms with Gasteiger partial charge in [-0.3, -0.25) is 4.79 Å². The summed E-state index contributed by atoms with van der Waals surface area (Å²) in [5.74, 6) is 0.594. The van der Waals surface area contributed by atoms with E-state index in [1.165, 1.54) is 0 Å². The Labute approximate surface area is 113 Å². The van der Waals surface area contributed by atoms with Crippen molar-refractivity contribution in [3.63, 3.8) is 0 Å². The van der Waals surface area contributed by atoms with Gasteiger partial charge >= 0.3 is 0 Å². The van der Waals surface area contributed by atoms with Crippen molar-refractivity contribution in [2.45, 2.75) is 26.2 Å². The fourth-order valence-electron chi connectivity index (χ4n) is 2.12. The van der Waals surface area contributed by atoms with Crippen molar-refractivity contribution in [3.8, 4) is 5.75 Å². The Bertz CT molecular complexity index is 573. The fraction of sp³-hybridized carbons (Fsp3) is 0.235. The molecule has 0 aliphatic heterocycles. The molecular formula is C17H18O2. The number of phenols is 1. The summed E-state index contributed by atoms with van der Waals surface area (Å²) in [6.45, 7) is 3.90. The molecule has 19 heavy (non-hydrogen) atoms. The minimum atomic E-state index is 0.145. The lowest BCUT2D eigenvalue weighted by molar-refractivity contribution is 0.0975. The molecule has 0 radical (unpaired) electrons. The highest BCUT2D eigenvalue weighted by atomic mass is 16.3. The van der Waals surface area contributed by atoms with Gasteiger partial charge in [0.2, 0.25) is 0 Å². The van der Waals surface area contributed by atoms with Crippen molar-refractivity contribution in [1.29, 1.82) is 0 Å². The van der Waals surface area contributed by atoms with Gasteiger partial charge in [-0.05, 0) is 30.0 Å². The van der Waals surface area contributed by atoms with E-state index in [-0.39, 0.29) is 11.7 Å². The van der Waals surface area contributed by atoms with Crippen molar-refractivity contribution in [3.05, 3.63) is 65.2 Å². The lowest BCUT2D eigenvalue weighted by Crippen LogP contribution is -2.05. The van der Waals surface area contributed by atoms with Crippen LogP contribution in [0, 0.1) is 6.92 Å². The zero-order valence-electron chi connectivity index (χ0n) is 11.3. The topological polar surface area (TPSA) is 37.3 Å². The standard InChI is InChI=1S/C17H18O2/c1-12(15-8-9-16(18)13(2)10-15)11-17(19)14-6-4-3-5-7-14/h3-10,12,18H,11H2,1-2H3. The van der Waals surface area contributed by atoms with Gasteiger partial charge < -0.3 is 5.11 Å². The van der Waals surface area contributed by atoms with Gasteiger partial charge in [0, 0.05) is 12.0 Å². The minimum Gasteiger partial charge on any atom is -0.508 e. The molecule has 0 fully saturated rings. The van der Waals surface area contributed by atoms with E-state index in [4.69, 9.17) is 0 Å². The maximum absolute atomic E-state index is 12.1. The van der Waals surface area contributed by atoms with Crippen molar-refractivity contribution < 1.29 is 9.90 Å². The van der Waals surface area contributed by atoms with Gasteiger partial charge in [-0.15, -0.1) is 0 Å². The summed E-state index contributed by atoms with van der Waals surface area (Å²) < 4.78 is 0. The zero-order chi connectivity index (χ0) is 13.8. The summed E-state index contributed by atoms with van der Waals surface area (Å²) in [5.41, 5.74) is 2.68. The molecule has 0 aliphatic rings. The molecule has 2 rings (SSSR count).